The summed E-state index contributed by atoms with van der Waals surface area (Å²) in [6.07, 6.45) is 1.79. The van der Waals surface area contributed by atoms with Gasteiger partial charge < -0.3 is 9.47 Å². The van der Waals surface area contributed by atoms with Crippen LogP contribution in [-0.2, 0) is 7.05 Å². The predicted molar refractivity (Wildman–Crippen MR) is 78.3 cm³/mol. The maximum absolute atomic E-state index is 4.66. The molecule has 2 heterocycles. The van der Waals surface area contributed by atoms with Crippen molar-refractivity contribution in [3.05, 3.63) is 42.6 Å². The molecular formula is C15H16N4. The molecule has 19 heavy (non-hydrogen) atoms. The molecule has 0 spiro atoms. The first-order valence-electron chi connectivity index (χ1n) is 6.22. The average molecular weight is 252 g/mol. The number of hydrogen-bond acceptors (Lipinski definition) is 3. The van der Waals surface area contributed by atoms with Crippen molar-refractivity contribution in [2.24, 2.45) is 7.05 Å². The molecule has 3 rings (SSSR count). The van der Waals surface area contributed by atoms with Crippen LogP contribution in [0.1, 0.15) is 0 Å². The Labute approximate surface area is 112 Å². The fourth-order valence-corrected chi connectivity index (χ4v) is 2.18. The van der Waals surface area contributed by atoms with Gasteiger partial charge in [0.15, 0.2) is 5.82 Å². The number of aryl methyl sites for hydroxylation is 1. The van der Waals surface area contributed by atoms with Crippen molar-refractivity contribution >= 4 is 16.7 Å². The molecule has 0 fully saturated rings. The Morgan fingerprint density at radius 2 is 1.95 bits per heavy atom. The summed E-state index contributed by atoms with van der Waals surface area (Å²) in [7, 11) is 6.10. The summed E-state index contributed by atoms with van der Waals surface area (Å²) in [6.45, 7) is 0. The Kier molecular flexibility index (Phi) is 2.71. The maximum atomic E-state index is 4.66. The van der Waals surface area contributed by atoms with Gasteiger partial charge in [-0.05, 0) is 30.3 Å². The van der Waals surface area contributed by atoms with Gasteiger partial charge in [0.25, 0.3) is 0 Å². The fraction of sp³-hybridized carbons (Fsp3) is 0.200. The normalized spacial score (nSPS) is 10.9. The van der Waals surface area contributed by atoms with Crippen molar-refractivity contribution < 1.29 is 0 Å². The molecule has 4 heteroatoms. The number of fused-ring (bicyclic) bond motifs is 1. The minimum atomic E-state index is 0.895. The molecule has 0 N–H and O–H groups in total. The lowest BCUT2D eigenvalue weighted by Crippen LogP contribution is -2.08. The lowest BCUT2D eigenvalue weighted by atomic mass is 10.2. The van der Waals surface area contributed by atoms with Crippen LogP contribution in [0, 0.1) is 0 Å². The van der Waals surface area contributed by atoms with Crippen LogP contribution in [0.2, 0.25) is 0 Å². The molecule has 1 aromatic carbocycles. The van der Waals surface area contributed by atoms with Gasteiger partial charge in [-0.15, -0.1) is 0 Å². The van der Waals surface area contributed by atoms with E-state index >= 15 is 0 Å². The molecule has 0 radical (unpaired) electrons. The number of pyridine rings is 1. The summed E-state index contributed by atoms with van der Waals surface area (Å²) < 4.78 is 2.09. The highest BCUT2D eigenvalue weighted by atomic mass is 15.1. The lowest BCUT2D eigenvalue weighted by molar-refractivity contribution is 0.949. The molecule has 4 nitrogen and oxygen atoms in total. The Balaban J connectivity index is 2.21. The zero-order valence-electron chi connectivity index (χ0n) is 11.3. The summed E-state index contributed by atoms with van der Waals surface area (Å²) in [4.78, 5) is 11.1. The molecule has 0 atom stereocenters. The van der Waals surface area contributed by atoms with E-state index in [1.807, 2.05) is 39.3 Å². The Morgan fingerprint density at radius 1 is 1.11 bits per heavy atom. The van der Waals surface area contributed by atoms with Crippen LogP contribution < -0.4 is 4.90 Å². The predicted octanol–water partition coefficient (Wildman–Crippen LogP) is 2.70. The number of imidazole rings is 1. The first kappa shape index (κ1) is 11.7. The number of nitrogens with zero attached hydrogens (tertiary/aromatic N) is 4. The van der Waals surface area contributed by atoms with E-state index < -0.39 is 0 Å². The third kappa shape index (κ3) is 1.95. The molecule has 3 aromatic rings. The standard InChI is InChI=1S/C15H16N4/c1-18(2)11-7-8-12-14(10-11)19(3)15(17-12)13-6-4-5-9-16-13/h4-10H,1-3H3. The summed E-state index contributed by atoms with van der Waals surface area (Å²) in [5.41, 5.74) is 4.18. The molecule has 0 bridgehead atoms. The Hall–Kier alpha value is -2.36. The SMILES string of the molecule is CN(C)c1ccc2nc(-c3ccccn3)n(C)c2c1. The van der Waals surface area contributed by atoms with Crippen molar-refractivity contribution in [2.75, 3.05) is 19.0 Å². The minimum absolute atomic E-state index is 0.895. The summed E-state index contributed by atoms with van der Waals surface area (Å²) >= 11 is 0. The number of benzene rings is 1. The topological polar surface area (TPSA) is 34.0 Å². The highest BCUT2D eigenvalue weighted by Gasteiger charge is 2.11. The van der Waals surface area contributed by atoms with Gasteiger partial charge in [-0.2, -0.15) is 0 Å². The van der Waals surface area contributed by atoms with Gasteiger partial charge in [-0.3, -0.25) is 4.98 Å². The first-order valence-corrected chi connectivity index (χ1v) is 6.22. The largest absolute Gasteiger partial charge is 0.378 e. The van der Waals surface area contributed by atoms with Crippen LogP contribution in [0.4, 0.5) is 5.69 Å². The molecule has 0 saturated carbocycles. The molecule has 0 aliphatic heterocycles. The third-order valence-corrected chi connectivity index (χ3v) is 3.27. The smallest absolute Gasteiger partial charge is 0.159 e. The second-order valence-electron chi connectivity index (χ2n) is 4.78. The van der Waals surface area contributed by atoms with E-state index in [9.17, 15) is 0 Å². The highest BCUT2D eigenvalue weighted by molar-refractivity contribution is 5.83. The van der Waals surface area contributed by atoms with Crippen molar-refractivity contribution in [3.63, 3.8) is 0 Å². The van der Waals surface area contributed by atoms with Gasteiger partial charge in [0.1, 0.15) is 5.69 Å². The molecule has 0 aliphatic carbocycles. The lowest BCUT2D eigenvalue weighted by Gasteiger charge is -2.12. The zero-order valence-corrected chi connectivity index (χ0v) is 11.3. The van der Waals surface area contributed by atoms with Crippen molar-refractivity contribution in [1.29, 1.82) is 0 Å². The van der Waals surface area contributed by atoms with Gasteiger partial charge in [0.2, 0.25) is 0 Å². The third-order valence-electron chi connectivity index (χ3n) is 3.27. The maximum Gasteiger partial charge on any atom is 0.159 e. The van der Waals surface area contributed by atoms with Crippen LogP contribution >= 0.6 is 0 Å². The van der Waals surface area contributed by atoms with E-state index in [-0.39, 0.29) is 0 Å². The molecule has 2 aromatic heterocycles. The van der Waals surface area contributed by atoms with Crippen LogP contribution in [0.3, 0.4) is 0 Å². The van der Waals surface area contributed by atoms with E-state index in [4.69, 9.17) is 0 Å². The molecule has 0 aliphatic rings. The highest BCUT2D eigenvalue weighted by Crippen LogP contribution is 2.25. The molecule has 0 unspecified atom stereocenters. The molecule has 96 valence electrons. The second kappa shape index (κ2) is 4.39. The van der Waals surface area contributed by atoms with Crippen molar-refractivity contribution in [1.82, 2.24) is 14.5 Å². The van der Waals surface area contributed by atoms with Gasteiger partial charge in [-0.25, -0.2) is 4.98 Å². The molecular weight excluding hydrogens is 236 g/mol. The second-order valence-corrected chi connectivity index (χ2v) is 4.78. The van der Waals surface area contributed by atoms with E-state index in [0.29, 0.717) is 0 Å². The Bertz CT molecular complexity index is 714. The number of anilines is 1. The average Bonchev–Trinajstić information content (AvgIpc) is 2.77. The quantitative estimate of drug-likeness (QED) is 0.703. The van der Waals surface area contributed by atoms with Crippen molar-refractivity contribution in [3.8, 4) is 11.5 Å². The number of hydrogen-bond donors (Lipinski definition) is 0. The Morgan fingerprint density at radius 3 is 2.63 bits per heavy atom. The van der Waals surface area contributed by atoms with E-state index in [1.165, 1.54) is 5.69 Å². The van der Waals surface area contributed by atoms with E-state index in [1.54, 1.807) is 6.20 Å². The monoisotopic (exact) mass is 252 g/mol. The zero-order chi connectivity index (χ0) is 13.4. The minimum Gasteiger partial charge on any atom is -0.378 e. The first-order chi connectivity index (χ1) is 9.16. The molecule has 0 amide bonds. The number of rotatable bonds is 2. The van der Waals surface area contributed by atoms with Gasteiger partial charge in [-0.1, -0.05) is 6.07 Å². The summed E-state index contributed by atoms with van der Waals surface area (Å²) in [6, 6.07) is 12.2. The van der Waals surface area contributed by atoms with Gasteiger partial charge in [0, 0.05) is 33.0 Å². The van der Waals surface area contributed by atoms with Crippen LogP contribution in [0.5, 0.6) is 0 Å². The summed E-state index contributed by atoms with van der Waals surface area (Å²) in [5.74, 6) is 0.895. The molecule has 0 saturated heterocycles. The van der Waals surface area contributed by atoms with Crippen molar-refractivity contribution in [2.45, 2.75) is 0 Å². The fourth-order valence-electron chi connectivity index (χ4n) is 2.18. The van der Waals surface area contributed by atoms with Crippen LogP contribution in [0.15, 0.2) is 42.6 Å². The summed E-state index contributed by atoms with van der Waals surface area (Å²) in [5, 5.41) is 0. The van der Waals surface area contributed by atoms with Crippen LogP contribution in [-0.4, -0.2) is 28.6 Å². The van der Waals surface area contributed by atoms with Crippen LogP contribution in [0.25, 0.3) is 22.6 Å². The van der Waals surface area contributed by atoms with E-state index in [0.717, 1.165) is 22.6 Å². The number of aromatic nitrogens is 3. The van der Waals surface area contributed by atoms with Gasteiger partial charge in [0.05, 0.1) is 11.0 Å². The van der Waals surface area contributed by atoms with E-state index in [2.05, 4.69) is 37.6 Å². The van der Waals surface area contributed by atoms with Gasteiger partial charge >= 0.3 is 0 Å².